The van der Waals surface area contributed by atoms with Crippen LogP contribution in [0.5, 0.6) is 0 Å². The van der Waals surface area contributed by atoms with Crippen LogP contribution in [0.25, 0.3) is 0 Å². The van der Waals surface area contributed by atoms with Crippen LogP contribution in [0.15, 0.2) is 22.7 Å². The van der Waals surface area contributed by atoms with E-state index in [0.717, 1.165) is 12.8 Å². The lowest BCUT2D eigenvalue weighted by Crippen LogP contribution is -2.37. The number of hydrogen-bond donors (Lipinski definition) is 2. The molecule has 16 heavy (non-hydrogen) atoms. The molecule has 88 valence electrons. The molecule has 0 heterocycles. The Labute approximate surface area is 103 Å². The maximum absolute atomic E-state index is 13.8. The highest BCUT2D eigenvalue weighted by atomic mass is 79.9. The quantitative estimate of drug-likeness (QED) is 0.892. The molecule has 1 aromatic carbocycles. The second kappa shape index (κ2) is 4.43. The van der Waals surface area contributed by atoms with E-state index < -0.39 is 5.60 Å². The molecule has 1 aliphatic rings. The number of benzene rings is 1. The monoisotopic (exact) mass is 287 g/mol. The lowest BCUT2D eigenvalue weighted by molar-refractivity contribution is 0.0527. The Hall–Kier alpha value is -0.450. The molecule has 0 spiro atoms. The van der Waals surface area contributed by atoms with Gasteiger partial charge in [-0.1, -0.05) is 12.1 Å². The van der Waals surface area contributed by atoms with Crippen molar-refractivity contribution in [2.75, 3.05) is 6.54 Å². The lowest BCUT2D eigenvalue weighted by Gasteiger charge is -2.25. The van der Waals surface area contributed by atoms with E-state index in [0.29, 0.717) is 22.6 Å². The Kier molecular flexibility index (Phi) is 3.33. The van der Waals surface area contributed by atoms with Gasteiger partial charge in [-0.15, -0.1) is 0 Å². The van der Waals surface area contributed by atoms with Gasteiger partial charge < -0.3 is 10.4 Å². The van der Waals surface area contributed by atoms with Gasteiger partial charge in [0.25, 0.3) is 0 Å². The van der Waals surface area contributed by atoms with Gasteiger partial charge in [0.1, 0.15) is 11.4 Å². The largest absolute Gasteiger partial charge is 0.384 e. The van der Waals surface area contributed by atoms with Crippen LogP contribution in [-0.2, 0) is 5.60 Å². The van der Waals surface area contributed by atoms with E-state index >= 15 is 0 Å². The molecule has 2 N–H and O–H groups in total. The molecule has 1 aliphatic carbocycles. The number of nitrogens with one attached hydrogen (secondary N) is 1. The van der Waals surface area contributed by atoms with Crippen molar-refractivity contribution in [3.8, 4) is 0 Å². The third-order valence-electron chi connectivity index (χ3n) is 2.84. The van der Waals surface area contributed by atoms with Crippen molar-refractivity contribution in [1.29, 1.82) is 0 Å². The van der Waals surface area contributed by atoms with Crippen molar-refractivity contribution in [2.24, 2.45) is 0 Å². The van der Waals surface area contributed by atoms with Crippen LogP contribution in [0.1, 0.15) is 25.3 Å². The highest BCUT2D eigenvalue weighted by Gasteiger charge is 2.30. The fourth-order valence-corrected chi connectivity index (χ4v) is 2.01. The summed E-state index contributed by atoms with van der Waals surface area (Å²) in [6.07, 6.45) is 2.30. The molecule has 1 atom stereocenters. The van der Waals surface area contributed by atoms with E-state index in [-0.39, 0.29) is 5.82 Å². The van der Waals surface area contributed by atoms with Gasteiger partial charge in [0.15, 0.2) is 0 Å². The summed E-state index contributed by atoms with van der Waals surface area (Å²) >= 11 is 3.12. The first kappa shape index (κ1) is 12.0. The van der Waals surface area contributed by atoms with Gasteiger partial charge in [0.2, 0.25) is 0 Å². The van der Waals surface area contributed by atoms with Gasteiger partial charge in [0, 0.05) is 18.2 Å². The Morgan fingerprint density at radius 3 is 2.88 bits per heavy atom. The second-order valence-electron chi connectivity index (χ2n) is 4.53. The topological polar surface area (TPSA) is 32.3 Å². The Balaban J connectivity index is 2.16. The van der Waals surface area contributed by atoms with E-state index in [1.165, 1.54) is 0 Å². The predicted octanol–water partition coefficient (Wildman–Crippen LogP) is 2.55. The Morgan fingerprint density at radius 1 is 1.56 bits per heavy atom. The standard InChI is InChI=1S/C12H15BrFNO/c1-12(16,7-15-8-5-6-8)9-3-2-4-10(13)11(9)14/h2-4,8,15-16H,5-7H2,1H3. The molecule has 2 nitrogen and oxygen atoms in total. The first-order chi connectivity index (χ1) is 7.50. The van der Waals surface area contributed by atoms with Crippen LogP contribution in [0.4, 0.5) is 4.39 Å². The summed E-state index contributed by atoms with van der Waals surface area (Å²) in [4.78, 5) is 0. The van der Waals surface area contributed by atoms with Crippen LogP contribution in [-0.4, -0.2) is 17.7 Å². The van der Waals surface area contributed by atoms with Crippen LogP contribution >= 0.6 is 15.9 Å². The third-order valence-corrected chi connectivity index (χ3v) is 3.46. The molecule has 1 saturated carbocycles. The number of halogens is 2. The summed E-state index contributed by atoms with van der Waals surface area (Å²) < 4.78 is 14.2. The molecule has 0 saturated heterocycles. The van der Waals surface area contributed by atoms with Crippen molar-refractivity contribution in [3.05, 3.63) is 34.1 Å². The van der Waals surface area contributed by atoms with Crippen LogP contribution < -0.4 is 5.32 Å². The molecule has 0 bridgehead atoms. The van der Waals surface area contributed by atoms with Gasteiger partial charge in [-0.3, -0.25) is 0 Å². The summed E-state index contributed by atoms with van der Waals surface area (Å²) in [5, 5.41) is 13.5. The highest BCUT2D eigenvalue weighted by molar-refractivity contribution is 9.10. The average molecular weight is 288 g/mol. The molecule has 0 amide bonds. The SMILES string of the molecule is CC(O)(CNC1CC1)c1cccc(Br)c1F. The van der Waals surface area contributed by atoms with Crippen molar-refractivity contribution in [2.45, 2.75) is 31.4 Å². The first-order valence-electron chi connectivity index (χ1n) is 5.41. The maximum atomic E-state index is 13.8. The number of hydrogen-bond acceptors (Lipinski definition) is 2. The molecule has 2 rings (SSSR count). The van der Waals surface area contributed by atoms with Crippen molar-refractivity contribution < 1.29 is 9.50 Å². The highest BCUT2D eigenvalue weighted by Crippen LogP contribution is 2.28. The minimum atomic E-state index is -1.17. The van der Waals surface area contributed by atoms with Gasteiger partial charge >= 0.3 is 0 Å². The minimum Gasteiger partial charge on any atom is -0.384 e. The number of aliphatic hydroxyl groups is 1. The normalized spacial score (nSPS) is 19.5. The smallest absolute Gasteiger partial charge is 0.143 e. The van der Waals surface area contributed by atoms with E-state index in [1.54, 1.807) is 25.1 Å². The molecular formula is C12H15BrFNO. The van der Waals surface area contributed by atoms with E-state index in [1.807, 2.05) is 0 Å². The molecule has 0 aromatic heterocycles. The van der Waals surface area contributed by atoms with Crippen LogP contribution in [0.3, 0.4) is 0 Å². The lowest BCUT2D eigenvalue weighted by atomic mass is 9.95. The summed E-state index contributed by atoms with van der Waals surface area (Å²) in [6, 6.07) is 5.48. The van der Waals surface area contributed by atoms with E-state index in [4.69, 9.17) is 0 Å². The van der Waals surface area contributed by atoms with Crippen LogP contribution in [0, 0.1) is 5.82 Å². The van der Waals surface area contributed by atoms with Gasteiger partial charge in [-0.05, 0) is 41.8 Å². The summed E-state index contributed by atoms with van der Waals surface area (Å²) in [7, 11) is 0. The van der Waals surface area contributed by atoms with Crippen molar-refractivity contribution in [1.82, 2.24) is 5.32 Å². The zero-order chi connectivity index (χ0) is 11.8. The van der Waals surface area contributed by atoms with Crippen molar-refractivity contribution in [3.63, 3.8) is 0 Å². The zero-order valence-corrected chi connectivity index (χ0v) is 10.7. The molecule has 1 aromatic rings. The molecule has 0 radical (unpaired) electrons. The fourth-order valence-electron chi connectivity index (χ4n) is 1.65. The van der Waals surface area contributed by atoms with Gasteiger partial charge in [0.05, 0.1) is 4.47 Å². The number of rotatable bonds is 4. The van der Waals surface area contributed by atoms with Gasteiger partial charge in [-0.2, -0.15) is 0 Å². The minimum absolute atomic E-state index is 0.329. The third kappa shape index (κ3) is 2.62. The Bertz CT molecular complexity index is 391. The summed E-state index contributed by atoms with van der Waals surface area (Å²) in [5.74, 6) is -0.384. The molecule has 0 aliphatic heterocycles. The fraction of sp³-hybridized carbons (Fsp3) is 0.500. The maximum Gasteiger partial charge on any atom is 0.143 e. The van der Waals surface area contributed by atoms with E-state index in [9.17, 15) is 9.50 Å². The molecular weight excluding hydrogens is 273 g/mol. The van der Waals surface area contributed by atoms with Crippen LogP contribution in [0.2, 0.25) is 0 Å². The molecule has 4 heteroatoms. The Morgan fingerprint density at radius 2 is 2.25 bits per heavy atom. The average Bonchev–Trinajstić information content (AvgIpc) is 3.03. The second-order valence-corrected chi connectivity index (χ2v) is 5.38. The predicted molar refractivity (Wildman–Crippen MR) is 64.7 cm³/mol. The summed E-state index contributed by atoms with van der Waals surface area (Å²) in [6.45, 7) is 2.01. The van der Waals surface area contributed by atoms with Gasteiger partial charge in [-0.25, -0.2) is 4.39 Å². The molecule has 1 fully saturated rings. The van der Waals surface area contributed by atoms with Crippen molar-refractivity contribution >= 4 is 15.9 Å². The van der Waals surface area contributed by atoms with E-state index in [2.05, 4.69) is 21.2 Å². The summed E-state index contributed by atoms with van der Waals surface area (Å²) in [5.41, 5.74) is -0.841. The molecule has 1 unspecified atom stereocenters. The zero-order valence-electron chi connectivity index (χ0n) is 9.13. The first-order valence-corrected chi connectivity index (χ1v) is 6.20.